The van der Waals surface area contributed by atoms with Gasteiger partial charge in [0.25, 0.3) is 0 Å². The summed E-state index contributed by atoms with van der Waals surface area (Å²) < 4.78 is 4.92. The van der Waals surface area contributed by atoms with Crippen molar-refractivity contribution in [1.29, 1.82) is 0 Å². The van der Waals surface area contributed by atoms with Gasteiger partial charge >= 0.3 is 0 Å². The first-order chi connectivity index (χ1) is 6.74. The third-order valence-electron chi connectivity index (χ3n) is 2.46. The van der Waals surface area contributed by atoms with Gasteiger partial charge in [0.2, 0.25) is 5.91 Å². The van der Waals surface area contributed by atoms with E-state index in [1.54, 1.807) is 7.11 Å². The highest BCUT2D eigenvalue weighted by atomic mass is 16.5. The first kappa shape index (κ1) is 11.5. The highest BCUT2D eigenvalue weighted by molar-refractivity contribution is 5.76. The molecule has 1 amide bonds. The van der Waals surface area contributed by atoms with Gasteiger partial charge in [0.1, 0.15) is 0 Å². The number of rotatable bonds is 4. The van der Waals surface area contributed by atoms with Crippen LogP contribution >= 0.6 is 0 Å². The van der Waals surface area contributed by atoms with Crippen LogP contribution in [0.1, 0.15) is 19.8 Å². The van der Waals surface area contributed by atoms with Crippen LogP contribution in [0.5, 0.6) is 0 Å². The molecule has 1 heterocycles. The van der Waals surface area contributed by atoms with Crippen molar-refractivity contribution in [1.82, 2.24) is 10.2 Å². The zero-order valence-electron chi connectivity index (χ0n) is 9.08. The molecule has 14 heavy (non-hydrogen) atoms. The van der Waals surface area contributed by atoms with E-state index in [-0.39, 0.29) is 5.91 Å². The first-order valence-electron chi connectivity index (χ1n) is 5.24. The van der Waals surface area contributed by atoms with E-state index in [2.05, 4.69) is 12.2 Å². The number of piperazine rings is 1. The molecule has 1 atom stereocenters. The maximum atomic E-state index is 11.7. The Morgan fingerprint density at radius 1 is 1.64 bits per heavy atom. The second-order valence-corrected chi connectivity index (χ2v) is 3.79. The van der Waals surface area contributed by atoms with Crippen LogP contribution in [0.3, 0.4) is 0 Å². The number of nitrogens with one attached hydrogen (secondary N) is 1. The van der Waals surface area contributed by atoms with Crippen LogP contribution in [0.25, 0.3) is 0 Å². The van der Waals surface area contributed by atoms with E-state index in [1.807, 2.05) is 4.90 Å². The van der Waals surface area contributed by atoms with Crippen molar-refractivity contribution in [3.05, 3.63) is 0 Å². The van der Waals surface area contributed by atoms with Crippen LogP contribution in [0, 0.1) is 0 Å². The van der Waals surface area contributed by atoms with Gasteiger partial charge in [-0.2, -0.15) is 0 Å². The minimum atomic E-state index is 0.260. The van der Waals surface area contributed by atoms with Crippen molar-refractivity contribution in [3.8, 4) is 0 Å². The number of carbonyl (C=O) groups is 1. The molecule has 0 aromatic rings. The molecular formula is C10H20N2O2. The van der Waals surface area contributed by atoms with E-state index in [0.29, 0.717) is 19.1 Å². The van der Waals surface area contributed by atoms with E-state index in [9.17, 15) is 4.79 Å². The molecule has 1 fully saturated rings. The van der Waals surface area contributed by atoms with Gasteiger partial charge in [0.15, 0.2) is 0 Å². The summed E-state index contributed by atoms with van der Waals surface area (Å²) in [5.41, 5.74) is 0. The number of methoxy groups -OCH3 is 1. The topological polar surface area (TPSA) is 41.6 Å². The SMILES string of the molecule is COCCCC(=O)N1CCNC(C)C1. The average Bonchev–Trinajstić information content (AvgIpc) is 2.18. The highest BCUT2D eigenvalue weighted by Crippen LogP contribution is 2.03. The predicted octanol–water partition coefficient (Wildman–Crippen LogP) is 0.233. The smallest absolute Gasteiger partial charge is 0.222 e. The Morgan fingerprint density at radius 3 is 3.07 bits per heavy atom. The summed E-state index contributed by atoms with van der Waals surface area (Å²) in [4.78, 5) is 13.6. The van der Waals surface area contributed by atoms with Crippen molar-refractivity contribution in [2.75, 3.05) is 33.4 Å². The van der Waals surface area contributed by atoms with Crippen LogP contribution in [0.15, 0.2) is 0 Å². The first-order valence-corrected chi connectivity index (χ1v) is 5.24. The zero-order valence-corrected chi connectivity index (χ0v) is 9.08. The summed E-state index contributed by atoms with van der Waals surface area (Å²) >= 11 is 0. The summed E-state index contributed by atoms with van der Waals surface area (Å²) in [5.74, 6) is 0.260. The lowest BCUT2D eigenvalue weighted by Gasteiger charge is -2.32. The van der Waals surface area contributed by atoms with Gasteiger partial charge in [-0.15, -0.1) is 0 Å². The molecule has 0 bridgehead atoms. The van der Waals surface area contributed by atoms with Gasteiger partial charge in [0, 0.05) is 45.8 Å². The molecule has 4 heteroatoms. The number of carbonyl (C=O) groups excluding carboxylic acids is 1. The van der Waals surface area contributed by atoms with Crippen LogP contribution in [-0.2, 0) is 9.53 Å². The molecule has 0 aromatic heterocycles. The lowest BCUT2D eigenvalue weighted by Crippen LogP contribution is -2.51. The largest absolute Gasteiger partial charge is 0.385 e. The predicted molar refractivity (Wildman–Crippen MR) is 55.2 cm³/mol. The third-order valence-corrected chi connectivity index (χ3v) is 2.46. The number of amides is 1. The van der Waals surface area contributed by atoms with Gasteiger partial charge in [-0.05, 0) is 13.3 Å². The summed E-state index contributed by atoms with van der Waals surface area (Å²) in [7, 11) is 1.66. The van der Waals surface area contributed by atoms with Gasteiger partial charge in [-0.1, -0.05) is 0 Å². The molecule has 0 aromatic carbocycles. The van der Waals surface area contributed by atoms with E-state index < -0.39 is 0 Å². The van der Waals surface area contributed by atoms with E-state index in [1.165, 1.54) is 0 Å². The van der Waals surface area contributed by atoms with E-state index in [0.717, 1.165) is 26.1 Å². The van der Waals surface area contributed by atoms with Gasteiger partial charge in [-0.25, -0.2) is 0 Å². The fourth-order valence-electron chi connectivity index (χ4n) is 1.68. The van der Waals surface area contributed by atoms with Gasteiger partial charge in [-0.3, -0.25) is 4.79 Å². The molecule has 0 aliphatic carbocycles. The van der Waals surface area contributed by atoms with E-state index in [4.69, 9.17) is 4.74 Å². The molecule has 1 aliphatic rings. The molecular weight excluding hydrogens is 180 g/mol. The molecule has 0 saturated carbocycles. The number of hydrogen-bond donors (Lipinski definition) is 1. The van der Waals surface area contributed by atoms with Crippen molar-refractivity contribution >= 4 is 5.91 Å². The van der Waals surface area contributed by atoms with Gasteiger partial charge < -0.3 is 15.0 Å². The monoisotopic (exact) mass is 200 g/mol. The van der Waals surface area contributed by atoms with Crippen molar-refractivity contribution in [2.45, 2.75) is 25.8 Å². The second kappa shape index (κ2) is 5.98. The summed E-state index contributed by atoms with van der Waals surface area (Å²) in [6.07, 6.45) is 1.44. The summed E-state index contributed by atoms with van der Waals surface area (Å²) in [6.45, 7) is 5.38. The van der Waals surface area contributed by atoms with Gasteiger partial charge in [0.05, 0.1) is 0 Å². The Kier molecular flexibility index (Phi) is 4.90. The van der Waals surface area contributed by atoms with E-state index >= 15 is 0 Å². The van der Waals surface area contributed by atoms with Crippen molar-refractivity contribution in [2.24, 2.45) is 0 Å². The Morgan fingerprint density at radius 2 is 2.43 bits per heavy atom. The molecule has 82 valence electrons. The normalized spacial score (nSPS) is 22.4. The summed E-state index contributed by atoms with van der Waals surface area (Å²) in [6, 6.07) is 0.426. The lowest BCUT2D eigenvalue weighted by molar-refractivity contribution is -0.132. The number of nitrogens with zero attached hydrogens (tertiary/aromatic N) is 1. The Bertz CT molecular complexity index is 185. The molecule has 1 saturated heterocycles. The third kappa shape index (κ3) is 3.64. The van der Waals surface area contributed by atoms with Crippen LogP contribution in [0.4, 0.5) is 0 Å². The summed E-state index contributed by atoms with van der Waals surface area (Å²) in [5, 5.41) is 3.32. The number of ether oxygens (including phenoxy) is 1. The number of hydrogen-bond acceptors (Lipinski definition) is 3. The van der Waals surface area contributed by atoms with Crippen LogP contribution < -0.4 is 5.32 Å². The standard InChI is InChI=1S/C10H20N2O2/c1-9-8-12(6-5-11-9)10(13)4-3-7-14-2/h9,11H,3-8H2,1-2H3. The van der Waals surface area contributed by atoms with Crippen molar-refractivity contribution in [3.63, 3.8) is 0 Å². The molecule has 1 aliphatic heterocycles. The quantitative estimate of drug-likeness (QED) is 0.661. The maximum Gasteiger partial charge on any atom is 0.222 e. The minimum absolute atomic E-state index is 0.260. The Balaban J connectivity index is 2.22. The second-order valence-electron chi connectivity index (χ2n) is 3.79. The average molecular weight is 200 g/mol. The molecule has 0 spiro atoms. The van der Waals surface area contributed by atoms with Crippen molar-refractivity contribution < 1.29 is 9.53 Å². The fourth-order valence-corrected chi connectivity index (χ4v) is 1.68. The minimum Gasteiger partial charge on any atom is -0.385 e. The Hall–Kier alpha value is -0.610. The molecule has 1 N–H and O–H groups in total. The molecule has 0 radical (unpaired) electrons. The Labute approximate surface area is 85.6 Å². The molecule has 1 unspecified atom stereocenters. The van der Waals surface area contributed by atoms with Crippen LogP contribution in [-0.4, -0.2) is 50.2 Å². The highest BCUT2D eigenvalue weighted by Gasteiger charge is 2.19. The lowest BCUT2D eigenvalue weighted by atomic mass is 10.2. The molecule has 4 nitrogen and oxygen atoms in total. The fraction of sp³-hybridized carbons (Fsp3) is 0.900. The van der Waals surface area contributed by atoms with Crippen LogP contribution in [0.2, 0.25) is 0 Å². The molecule has 1 rings (SSSR count). The maximum absolute atomic E-state index is 11.7. The zero-order chi connectivity index (χ0) is 10.4.